The predicted octanol–water partition coefficient (Wildman–Crippen LogP) is -3.13. The zero-order valence-electron chi connectivity index (χ0n) is 3.88. The molecule has 2 N–H and O–H groups in total. The van der Waals surface area contributed by atoms with Gasteiger partial charge in [-0.05, 0) is 0 Å². The molecule has 0 heterocycles. The van der Waals surface area contributed by atoms with E-state index in [1.807, 2.05) is 0 Å². The van der Waals surface area contributed by atoms with Gasteiger partial charge in [-0.1, -0.05) is 0 Å². The summed E-state index contributed by atoms with van der Waals surface area (Å²) >= 11 is 0. The van der Waals surface area contributed by atoms with Crippen molar-refractivity contribution >= 4 is 15.5 Å². The number of hydrogen-bond acceptors (Lipinski definition) is 5. The Morgan fingerprint density at radius 3 is 1.56 bits per heavy atom. The Morgan fingerprint density at radius 1 is 1.22 bits per heavy atom. The third-order valence-corrected chi connectivity index (χ3v) is 2.24. The minimum Gasteiger partial charge on any atom is -0.799 e. The Kier molecular flexibility index (Phi) is 2.55. The molecule has 0 aliphatic carbocycles. The maximum atomic E-state index is 9.55. The molecule has 0 saturated carbocycles. The van der Waals surface area contributed by atoms with Gasteiger partial charge < -0.3 is 24.1 Å². The lowest BCUT2D eigenvalue weighted by atomic mass is 13.9. The van der Waals surface area contributed by atoms with Crippen molar-refractivity contribution in [3.05, 3.63) is 0 Å². The molecule has 0 aromatic rings. The van der Waals surface area contributed by atoms with Gasteiger partial charge in [0.2, 0.25) is 7.75 Å². The van der Waals surface area contributed by atoms with Crippen molar-refractivity contribution < 1.29 is 28.7 Å². The molecule has 9 heteroatoms. The molecule has 0 aromatic carbocycles. The van der Waals surface area contributed by atoms with Gasteiger partial charge in [-0.15, -0.1) is 0 Å². The van der Waals surface area contributed by atoms with Crippen LogP contribution in [0.1, 0.15) is 0 Å². The average Bonchev–Trinajstić information content (AvgIpc) is 1.14. The Balaban J connectivity index is 4.07. The Labute approximate surface area is 50.1 Å². The SMILES string of the molecule is O=P([O-])([O-])NP(=O)([O-])O. The summed E-state index contributed by atoms with van der Waals surface area (Å²) in [5.41, 5.74) is 0. The van der Waals surface area contributed by atoms with E-state index < -0.39 is 15.5 Å². The molecule has 0 saturated heterocycles. The van der Waals surface area contributed by atoms with Crippen molar-refractivity contribution in [2.45, 2.75) is 0 Å². The molecule has 1 atom stereocenters. The van der Waals surface area contributed by atoms with Crippen molar-refractivity contribution in [2.75, 3.05) is 0 Å². The van der Waals surface area contributed by atoms with Crippen LogP contribution in [-0.4, -0.2) is 4.89 Å². The van der Waals surface area contributed by atoms with E-state index in [0.717, 1.165) is 0 Å². The number of hydrogen-bond donors (Lipinski definition) is 2. The first-order valence-corrected chi connectivity index (χ1v) is 4.68. The van der Waals surface area contributed by atoms with E-state index in [2.05, 4.69) is 0 Å². The Bertz CT molecular complexity index is 151. The summed E-state index contributed by atoms with van der Waals surface area (Å²) in [6.07, 6.45) is 0. The van der Waals surface area contributed by atoms with Crippen LogP contribution in [0.4, 0.5) is 0 Å². The Hall–Kier alpha value is 0.260. The summed E-state index contributed by atoms with van der Waals surface area (Å²) in [6, 6.07) is 0. The lowest BCUT2D eigenvalue weighted by molar-refractivity contribution is -0.317. The van der Waals surface area contributed by atoms with Crippen LogP contribution in [0.5, 0.6) is 0 Å². The predicted molar refractivity (Wildman–Crippen MR) is 20.6 cm³/mol. The van der Waals surface area contributed by atoms with Gasteiger partial charge in [-0.3, -0.25) is 4.57 Å². The molecular weight excluding hydrogens is 172 g/mol. The van der Waals surface area contributed by atoms with E-state index in [0.29, 0.717) is 4.86 Å². The average molecular weight is 174 g/mol. The second kappa shape index (κ2) is 2.48. The van der Waals surface area contributed by atoms with Crippen LogP contribution in [0.15, 0.2) is 0 Å². The monoisotopic (exact) mass is 174 g/mol. The van der Waals surface area contributed by atoms with Gasteiger partial charge in [-0.25, -0.2) is 4.86 Å². The van der Waals surface area contributed by atoms with E-state index in [4.69, 9.17) is 4.89 Å². The van der Waals surface area contributed by atoms with Crippen molar-refractivity contribution in [1.29, 1.82) is 0 Å². The summed E-state index contributed by atoms with van der Waals surface area (Å²) in [7, 11) is -10.5. The van der Waals surface area contributed by atoms with Crippen LogP contribution >= 0.6 is 15.5 Å². The molecule has 0 spiro atoms. The first-order valence-electron chi connectivity index (χ1n) is 1.56. The fraction of sp³-hybridized carbons (Fsp3) is 0. The molecule has 9 heavy (non-hydrogen) atoms. The van der Waals surface area contributed by atoms with E-state index >= 15 is 0 Å². The van der Waals surface area contributed by atoms with Gasteiger partial charge in [0.15, 0.2) is 0 Å². The second-order valence-electron chi connectivity index (χ2n) is 1.12. The molecule has 0 aliphatic heterocycles. The molecular formula is H2NO6P2-3. The number of nitrogens with one attached hydrogen (secondary N) is 1. The molecule has 0 rings (SSSR count). The molecule has 0 fully saturated rings. The highest BCUT2D eigenvalue weighted by Crippen LogP contribution is 2.34. The van der Waals surface area contributed by atoms with Crippen LogP contribution in [-0.2, 0) is 9.13 Å². The summed E-state index contributed by atoms with van der Waals surface area (Å²) in [4.78, 5) is 36.6. The fourth-order valence-electron chi connectivity index (χ4n) is 0.155. The zero-order chi connectivity index (χ0) is 7.71. The van der Waals surface area contributed by atoms with E-state index in [9.17, 15) is 23.8 Å². The molecule has 1 unspecified atom stereocenters. The minimum absolute atomic E-state index is 0.458. The second-order valence-corrected chi connectivity index (χ2v) is 3.95. The molecule has 0 amide bonds. The van der Waals surface area contributed by atoms with Crippen molar-refractivity contribution in [3.63, 3.8) is 0 Å². The third-order valence-electron chi connectivity index (χ3n) is 0.249. The first-order chi connectivity index (χ1) is 3.71. The highest BCUT2D eigenvalue weighted by atomic mass is 31.3. The molecule has 7 nitrogen and oxygen atoms in total. The van der Waals surface area contributed by atoms with E-state index in [1.165, 1.54) is 0 Å². The molecule has 0 aromatic heterocycles. The van der Waals surface area contributed by atoms with Crippen LogP contribution in [0, 0.1) is 0 Å². The first kappa shape index (κ1) is 9.26. The van der Waals surface area contributed by atoms with Gasteiger partial charge in [0.25, 0.3) is 0 Å². The van der Waals surface area contributed by atoms with Crippen LogP contribution in [0.25, 0.3) is 0 Å². The van der Waals surface area contributed by atoms with Crippen molar-refractivity contribution in [1.82, 2.24) is 4.86 Å². The van der Waals surface area contributed by atoms with Gasteiger partial charge >= 0.3 is 0 Å². The van der Waals surface area contributed by atoms with Gasteiger partial charge in [0.05, 0.1) is 0 Å². The summed E-state index contributed by atoms with van der Waals surface area (Å²) < 4.78 is 19.0. The highest BCUT2D eigenvalue weighted by molar-refractivity contribution is 7.63. The fourth-order valence-corrected chi connectivity index (χ4v) is 1.39. The lowest BCUT2D eigenvalue weighted by Crippen LogP contribution is -2.28. The summed E-state index contributed by atoms with van der Waals surface area (Å²) in [6.45, 7) is 0. The maximum absolute atomic E-state index is 9.55. The van der Waals surface area contributed by atoms with Gasteiger partial charge in [0, 0.05) is 7.75 Å². The summed E-state index contributed by atoms with van der Waals surface area (Å²) in [5.74, 6) is 0. The lowest BCUT2D eigenvalue weighted by Gasteiger charge is -2.34. The molecule has 56 valence electrons. The Morgan fingerprint density at radius 2 is 1.56 bits per heavy atom. The normalized spacial score (nSPS) is 19.1. The third kappa shape index (κ3) is 8.26. The van der Waals surface area contributed by atoms with Crippen molar-refractivity contribution in [2.24, 2.45) is 0 Å². The van der Waals surface area contributed by atoms with Gasteiger partial charge in [-0.2, -0.15) is 0 Å². The molecule has 0 aliphatic rings. The van der Waals surface area contributed by atoms with Gasteiger partial charge in [0.1, 0.15) is 0 Å². The van der Waals surface area contributed by atoms with E-state index in [1.54, 1.807) is 0 Å². The van der Waals surface area contributed by atoms with Crippen LogP contribution in [0.2, 0.25) is 0 Å². The highest BCUT2D eigenvalue weighted by Gasteiger charge is 2.00. The summed E-state index contributed by atoms with van der Waals surface area (Å²) in [5, 5.41) is 0. The molecule has 0 radical (unpaired) electrons. The number of rotatable bonds is 2. The maximum Gasteiger partial charge on any atom is 0.205 e. The van der Waals surface area contributed by atoms with Crippen LogP contribution in [0.3, 0.4) is 0 Å². The molecule has 0 bridgehead atoms. The van der Waals surface area contributed by atoms with E-state index in [-0.39, 0.29) is 0 Å². The topological polar surface area (TPSA) is 136 Å². The minimum atomic E-state index is -5.36. The van der Waals surface area contributed by atoms with Crippen molar-refractivity contribution in [3.8, 4) is 0 Å². The zero-order valence-corrected chi connectivity index (χ0v) is 5.67. The standard InChI is InChI=1S/H5NO6P2/c2-8(3,4)1-9(5,6)7/h(H5,1,2,3,4,5,6,7)/p-3. The van der Waals surface area contributed by atoms with Crippen LogP contribution < -0.4 is 19.5 Å². The largest absolute Gasteiger partial charge is 0.799 e. The smallest absolute Gasteiger partial charge is 0.205 e. The quantitative estimate of drug-likeness (QED) is 0.422.